The van der Waals surface area contributed by atoms with E-state index in [9.17, 15) is 4.79 Å². The van der Waals surface area contributed by atoms with Gasteiger partial charge in [-0.3, -0.25) is 0 Å². The summed E-state index contributed by atoms with van der Waals surface area (Å²) < 4.78 is 20.7. The zero-order valence-electron chi connectivity index (χ0n) is 12.5. The van der Waals surface area contributed by atoms with Crippen LogP contribution in [-0.2, 0) is 4.74 Å². The molecule has 1 atom stereocenters. The van der Waals surface area contributed by atoms with Crippen molar-refractivity contribution in [2.24, 2.45) is 0 Å². The van der Waals surface area contributed by atoms with Crippen molar-refractivity contribution in [3.8, 4) is 11.5 Å². The van der Waals surface area contributed by atoms with Gasteiger partial charge in [-0.15, -0.1) is 0 Å². The van der Waals surface area contributed by atoms with Gasteiger partial charge in [0.05, 0.1) is 21.3 Å². The molecule has 1 heterocycles. The average molecular weight is 290 g/mol. The lowest BCUT2D eigenvalue weighted by molar-refractivity contribution is 0.0563. The van der Waals surface area contributed by atoms with E-state index in [4.69, 9.17) is 13.9 Å². The van der Waals surface area contributed by atoms with Gasteiger partial charge in [-0.2, -0.15) is 0 Å². The number of hydrogen-bond donors (Lipinski definition) is 0. The SMILES string of the molecule is COC(=O)c1ccc(C(C)c2ccc(OC)c(OC)c2)o1. The fourth-order valence-corrected chi connectivity index (χ4v) is 2.08. The first-order chi connectivity index (χ1) is 10.1. The van der Waals surface area contributed by atoms with Gasteiger partial charge in [0.2, 0.25) is 5.76 Å². The first-order valence-electron chi connectivity index (χ1n) is 6.50. The highest BCUT2D eigenvalue weighted by Gasteiger charge is 2.18. The van der Waals surface area contributed by atoms with E-state index in [1.54, 1.807) is 26.4 Å². The monoisotopic (exact) mass is 290 g/mol. The van der Waals surface area contributed by atoms with Crippen molar-refractivity contribution in [1.29, 1.82) is 0 Å². The van der Waals surface area contributed by atoms with Crippen molar-refractivity contribution in [2.75, 3.05) is 21.3 Å². The van der Waals surface area contributed by atoms with Gasteiger partial charge >= 0.3 is 5.97 Å². The molecule has 1 unspecified atom stereocenters. The molecule has 0 amide bonds. The molecule has 0 aliphatic rings. The van der Waals surface area contributed by atoms with Crippen LogP contribution < -0.4 is 9.47 Å². The molecule has 2 aromatic rings. The molecule has 0 aliphatic heterocycles. The Hall–Kier alpha value is -2.43. The number of carbonyl (C=O) groups is 1. The summed E-state index contributed by atoms with van der Waals surface area (Å²) in [5.74, 6) is 1.69. The summed E-state index contributed by atoms with van der Waals surface area (Å²) in [7, 11) is 4.51. The zero-order chi connectivity index (χ0) is 15.4. The summed E-state index contributed by atoms with van der Waals surface area (Å²) in [5, 5.41) is 0. The molecule has 112 valence electrons. The maximum Gasteiger partial charge on any atom is 0.373 e. The van der Waals surface area contributed by atoms with Crippen LogP contribution in [0.25, 0.3) is 0 Å². The Labute approximate surface area is 123 Å². The number of rotatable bonds is 5. The van der Waals surface area contributed by atoms with Crippen LogP contribution in [0.4, 0.5) is 0 Å². The van der Waals surface area contributed by atoms with Crippen LogP contribution in [0.3, 0.4) is 0 Å². The maximum atomic E-state index is 11.4. The van der Waals surface area contributed by atoms with Crippen LogP contribution in [0.5, 0.6) is 11.5 Å². The lowest BCUT2D eigenvalue weighted by atomic mass is 9.98. The third-order valence-electron chi connectivity index (χ3n) is 3.35. The zero-order valence-corrected chi connectivity index (χ0v) is 12.5. The van der Waals surface area contributed by atoms with Gasteiger partial charge in [-0.1, -0.05) is 13.0 Å². The number of methoxy groups -OCH3 is 3. The first kappa shape index (κ1) is 15.0. The molecule has 0 radical (unpaired) electrons. The summed E-state index contributed by atoms with van der Waals surface area (Å²) in [6, 6.07) is 9.05. The van der Waals surface area contributed by atoms with E-state index in [0.717, 1.165) is 5.56 Å². The van der Waals surface area contributed by atoms with Crippen LogP contribution in [0.1, 0.15) is 34.7 Å². The minimum atomic E-state index is -0.485. The van der Waals surface area contributed by atoms with E-state index in [-0.39, 0.29) is 11.7 Å². The topological polar surface area (TPSA) is 57.9 Å². The Morgan fingerprint density at radius 3 is 2.38 bits per heavy atom. The van der Waals surface area contributed by atoms with Crippen LogP contribution in [0, 0.1) is 0 Å². The molecule has 0 N–H and O–H groups in total. The van der Waals surface area contributed by atoms with E-state index >= 15 is 0 Å². The number of carbonyl (C=O) groups excluding carboxylic acids is 1. The molecule has 1 aromatic heterocycles. The molecule has 2 rings (SSSR count). The molecule has 1 aromatic carbocycles. The highest BCUT2D eigenvalue weighted by atomic mass is 16.5. The summed E-state index contributed by atoms with van der Waals surface area (Å²) in [4.78, 5) is 11.4. The number of hydrogen-bond acceptors (Lipinski definition) is 5. The number of esters is 1. The highest BCUT2D eigenvalue weighted by Crippen LogP contribution is 2.33. The molecule has 0 spiro atoms. The van der Waals surface area contributed by atoms with E-state index < -0.39 is 5.97 Å². The molecular weight excluding hydrogens is 272 g/mol. The van der Waals surface area contributed by atoms with Crippen molar-refractivity contribution in [3.63, 3.8) is 0 Å². The highest BCUT2D eigenvalue weighted by molar-refractivity contribution is 5.86. The second-order valence-corrected chi connectivity index (χ2v) is 4.53. The van der Waals surface area contributed by atoms with Crippen molar-refractivity contribution >= 4 is 5.97 Å². The largest absolute Gasteiger partial charge is 0.493 e. The Morgan fingerprint density at radius 1 is 1.05 bits per heavy atom. The fourth-order valence-electron chi connectivity index (χ4n) is 2.08. The van der Waals surface area contributed by atoms with E-state index in [2.05, 4.69) is 4.74 Å². The van der Waals surface area contributed by atoms with Crippen LogP contribution in [0.15, 0.2) is 34.7 Å². The molecule has 5 heteroatoms. The van der Waals surface area contributed by atoms with Gasteiger partial charge < -0.3 is 18.6 Å². The molecule has 0 fully saturated rings. The molecule has 0 saturated carbocycles. The van der Waals surface area contributed by atoms with Crippen LogP contribution in [-0.4, -0.2) is 27.3 Å². The lowest BCUT2D eigenvalue weighted by Crippen LogP contribution is -1.99. The van der Waals surface area contributed by atoms with Gasteiger partial charge in [0.1, 0.15) is 5.76 Å². The van der Waals surface area contributed by atoms with E-state index in [1.807, 2.05) is 25.1 Å². The Balaban J connectivity index is 2.29. The Bertz CT molecular complexity index is 629. The predicted octanol–water partition coefficient (Wildman–Crippen LogP) is 3.24. The van der Waals surface area contributed by atoms with Crippen LogP contribution in [0.2, 0.25) is 0 Å². The van der Waals surface area contributed by atoms with E-state index in [0.29, 0.717) is 17.3 Å². The molecule has 0 bridgehead atoms. The summed E-state index contributed by atoms with van der Waals surface area (Å²) >= 11 is 0. The fraction of sp³-hybridized carbons (Fsp3) is 0.312. The van der Waals surface area contributed by atoms with Crippen molar-refractivity contribution < 1.29 is 23.4 Å². The molecule has 5 nitrogen and oxygen atoms in total. The lowest BCUT2D eigenvalue weighted by Gasteiger charge is -2.13. The normalized spacial score (nSPS) is 11.8. The quantitative estimate of drug-likeness (QED) is 0.791. The second kappa shape index (κ2) is 6.35. The first-order valence-corrected chi connectivity index (χ1v) is 6.50. The van der Waals surface area contributed by atoms with Gasteiger partial charge in [0.25, 0.3) is 0 Å². The number of benzene rings is 1. The van der Waals surface area contributed by atoms with Gasteiger partial charge in [0.15, 0.2) is 11.5 Å². The standard InChI is InChI=1S/C16H18O5/c1-10(12-7-8-14(21-12)16(17)20-4)11-5-6-13(18-2)15(9-11)19-3/h5-10H,1-4H3. The molecule has 21 heavy (non-hydrogen) atoms. The molecular formula is C16H18O5. The average Bonchev–Trinajstić information content (AvgIpc) is 3.02. The van der Waals surface area contributed by atoms with Crippen molar-refractivity contribution in [3.05, 3.63) is 47.4 Å². The van der Waals surface area contributed by atoms with Crippen molar-refractivity contribution in [1.82, 2.24) is 0 Å². The third-order valence-corrected chi connectivity index (χ3v) is 3.35. The minimum absolute atomic E-state index is 0.0248. The third kappa shape index (κ3) is 3.02. The maximum absolute atomic E-state index is 11.4. The minimum Gasteiger partial charge on any atom is -0.493 e. The Kier molecular flexibility index (Phi) is 4.52. The van der Waals surface area contributed by atoms with Crippen LogP contribution >= 0.6 is 0 Å². The number of furan rings is 1. The smallest absolute Gasteiger partial charge is 0.373 e. The molecule has 0 aliphatic carbocycles. The van der Waals surface area contributed by atoms with Gasteiger partial charge in [-0.05, 0) is 29.8 Å². The van der Waals surface area contributed by atoms with Gasteiger partial charge in [0, 0.05) is 5.92 Å². The van der Waals surface area contributed by atoms with Crippen molar-refractivity contribution in [2.45, 2.75) is 12.8 Å². The predicted molar refractivity (Wildman–Crippen MR) is 77.1 cm³/mol. The summed E-state index contributed by atoms with van der Waals surface area (Å²) in [5.41, 5.74) is 0.999. The number of ether oxygens (including phenoxy) is 3. The second-order valence-electron chi connectivity index (χ2n) is 4.53. The Morgan fingerprint density at radius 2 is 1.76 bits per heavy atom. The van der Waals surface area contributed by atoms with E-state index in [1.165, 1.54) is 7.11 Å². The van der Waals surface area contributed by atoms with Gasteiger partial charge in [-0.25, -0.2) is 4.79 Å². The summed E-state index contributed by atoms with van der Waals surface area (Å²) in [6.45, 7) is 1.99. The summed E-state index contributed by atoms with van der Waals surface area (Å²) in [6.07, 6.45) is 0. The molecule has 0 saturated heterocycles.